The summed E-state index contributed by atoms with van der Waals surface area (Å²) in [6.45, 7) is 6.02. The van der Waals surface area contributed by atoms with E-state index in [1.165, 1.54) is 6.07 Å². The number of hydrogen-bond acceptors (Lipinski definition) is 3. The molecule has 3 nitrogen and oxygen atoms in total. The third-order valence-electron chi connectivity index (χ3n) is 1.42. The summed E-state index contributed by atoms with van der Waals surface area (Å²) in [6, 6.07) is 4.45. The molecule has 0 atom stereocenters. The normalized spacial score (nSPS) is 11.3. The maximum atomic E-state index is 9.19. The Kier molecular flexibility index (Phi) is 2.36. The Labute approximate surface area is 78.0 Å². The summed E-state index contributed by atoms with van der Waals surface area (Å²) in [6.07, 6.45) is 0. The van der Waals surface area contributed by atoms with Gasteiger partial charge in [0, 0.05) is 29.4 Å². The van der Waals surface area contributed by atoms with E-state index in [-0.39, 0.29) is 17.0 Å². The van der Waals surface area contributed by atoms with Crippen LogP contribution >= 0.6 is 0 Å². The molecule has 0 unspecified atom stereocenters. The van der Waals surface area contributed by atoms with E-state index in [0.717, 1.165) is 0 Å². The Hall–Kier alpha value is -1.38. The molecule has 1 aromatic carbocycles. The summed E-state index contributed by atoms with van der Waals surface area (Å²) in [5.74, 6) is 0.124. The van der Waals surface area contributed by atoms with Crippen molar-refractivity contribution in [3.05, 3.63) is 18.2 Å². The fourth-order valence-electron chi connectivity index (χ4n) is 1.10. The second-order valence-electron chi connectivity index (χ2n) is 4.11. The number of rotatable bonds is 1. The number of anilines is 1. The third-order valence-corrected chi connectivity index (χ3v) is 1.42. The predicted molar refractivity (Wildman–Crippen MR) is 53.1 cm³/mol. The van der Waals surface area contributed by atoms with Crippen LogP contribution < -0.4 is 5.32 Å². The van der Waals surface area contributed by atoms with E-state index in [4.69, 9.17) is 0 Å². The zero-order valence-electron chi connectivity index (χ0n) is 8.13. The molecule has 0 fully saturated rings. The van der Waals surface area contributed by atoms with Gasteiger partial charge in [-0.15, -0.1) is 0 Å². The largest absolute Gasteiger partial charge is 0.508 e. The summed E-state index contributed by atoms with van der Waals surface area (Å²) >= 11 is 0. The van der Waals surface area contributed by atoms with Gasteiger partial charge >= 0.3 is 0 Å². The zero-order valence-corrected chi connectivity index (χ0v) is 8.13. The molecule has 0 aliphatic heterocycles. The standard InChI is InChI=1S/C10H15NO2/c1-10(2,3)11-7-4-8(12)6-9(13)5-7/h4-6,11-13H,1-3H3. The Morgan fingerprint density at radius 3 is 1.85 bits per heavy atom. The fourth-order valence-corrected chi connectivity index (χ4v) is 1.10. The minimum Gasteiger partial charge on any atom is -0.508 e. The van der Waals surface area contributed by atoms with Crippen LogP contribution in [0.5, 0.6) is 11.5 Å². The third kappa shape index (κ3) is 3.23. The Morgan fingerprint density at radius 1 is 1.00 bits per heavy atom. The van der Waals surface area contributed by atoms with Crippen molar-refractivity contribution in [2.24, 2.45) is 0 Å². The number of aromatic hydroxyl groups is 2. The summed E-state index contributed by atoms with van der Waals surface area (Å²) < 4.78 is 0. The first kappa shape index (κ1) is 9.71. The molecule has 0 saturated heterocycles. The molecule has 72 valence electrons. The molecule has 0 spiro atoms. The van der Waals surface area contributed by atoms with Gasteiger partial charge in [-0.2, -0.15) is 0 Å². The van der Waals surface area contributed by atoms with Gasteiger partial charge in [-0.1, -0.05) is 0 Å². The van der Waals surface area contributed by atoms with Gasteiger partial charge in [-0.25, -0.2) is 0 Å². The van der Waals surface area contributed by atoms with E-state index in [0.29, 0.717) is 5.69 Å². The smallest absolute Gasteiger partial charge is 0.121 e. The minimum atomic E-state index is -0.0831. The second-order valence-corrected chi connectivity index (χ2v) is 4.11. The molecule has 0 radical (unpaired) electrons. The highest BCUT2D eigenvalue weighted by atomic mass is 16.3. The zero-order chi connectivity index (χ0) is 10.1. The van der Waals surface area contributed by atoms with Crippen molar-refractivity contribution in [2.75, 3.05) is 5.32 Å². The van der Waals surface area contributed by atoms with Crippen LogP contribution in [0.4, 0.5) is 5.69 Å². The summed E-state index contributed by atoms with van der Waals surface area (Å²) in [5, 5.41) is 21.5. The van der Waals surface area contributed by atoms with Crippen molar-refractivity contribution in [2.45, 2.75) is 26.3 Å². The maximum Gasteiger partial charge on any atom is 0.121 e. The van der Waals surface area contributed by atoms with E-state index in [1.807, 2.05) is 20.8 Å². The van der Waals surface area contributed by atoms with E-state index < -0.39 is 0 Å². The lowest BCUT2D eigenvalue weighted by Gasteiger charge is -2.22. The molecule has 13 heavy (non-hydrogen) atoms. The molecular weight excluding hydrogens is 166 g/mol. The SMILES string of the molecule is CC(C)(C)Nc1cc(O)cc(O)c1. The molecule has 3 heteroatoms. The Morgan fingerprint density at radius 2 is 1.46 bits per heavy atom. The average Bonchev–Trinajstić information content (AvgIpc) is 1.78. The van der Waals surface area contributed by atoms with E-state index in [2.05, 4.69) is 5.32 Å². The highest BCUT2D eigenvalue weighted by Crippen LogP contribution is 2.25. The molecule has 1 aromatic rings. The lowest BCUT2D eigenvalue weighted by atomic mass is 10.1. The number of nitrogens with one attached hydrogen (secondary N) is 1. The van der Waals surface area contributed by atoms with Crippen molar-refractivity contribution in [1.82, 2.24) is 0 Å². The topological polar surface area (TPSA) is 52.5 Å². The molecule has 0 aromatic heterocycles. The van der Waals surface area contributed by atoms with E-state index in [9.17, 15) is 10.2 Å². The van der Waals surface area contributed by atoms with E-state index in [1.54, 1.807) is 12.1 Å². The van der Waals surface area contributed by atoms with Gasteiger partial charge in [0.15, 0.2) is 0 Å². The van der Waals surface area contributed by atoms with Crippen molar-refractivity contribution >= 4 is 5.69 Å². The highest BCUT2D eigenvalue weighted by Gasteiger charge is 2.09. The molecule has 0 heterocycles. The van der Waals surface area contributed by atoms with Gasteiger partial charge in [0.2, 0.25) is 0 Å². The van der Waals surface area contributed by atoms with Crippen molar-refractivity contribution in [1.29, 1.82) is 0 Å². The maximum absolute atomic E-state index is 9.19. The molecular formula is C10H15NO2. The average molecular weight is 181 g/mol. The van der Waals surface area contributed by atoms with Gasteiger partial charge in [0.05, 0.1) is 0 Å². The Balaban J connectivity index is 2.90. The number of phenolic OH excluding ortho intramolecular Hbond substituents is 2. The van der Waals surface area contributed by atoms with Gasteiger partial charge in [0.1, 0.15) is 11.5 Å². The summed E-state index contributed by atoms with van der Waals surface area (Å²) in [4.78, 5) is 0. The van der Waals surface area contributed by atoms with Gasteiger partial charge in [0.25, 0.3) is 0 Å². The second kappa shape index (κ2) is 3.17. The van der Waals surface area contributed by atoms with Crippen LogP contribution in [0.3, 0.4) is 0 Å². The number of phenols is 2. The first-order valence-corrected chi connectivity index (χ1v) is 4.18. The van der Waals surface area contributed by atoms with Crippen LogP contribution in [0.2, 0.25) is 0 Å². The summed E-state index contributed by atoms with van der Waals surface area (Å²) in [5.41, 5.74) is 0.630. The van der Waals surface area contributed by atoms with Gasteiger partial charge in [-0.05, 0) is 20.8 Å². The van der Waals surface area contributed by atoms with Gasteiger partial charge in [-0.3, -0.25) is 0 Å². The lowest BCUT2D eigenvalue weighted by molar-refractivity contribution is 0.450. The quantitative estimate of drug-likeness (QED) is 0.623. The lowest BCUT2D eigenvalue weighted by Crippen LogP contribution is -2.25. The molecule has 0 bridgehead atoms. The first-order valence-electron chi connectivity index (χ1n) is 4.18. The molecule has 0 aliphatic rings. The summed E-state index contributed by atoms with van der Waals surface area (Å²) in [7, 11) is 0. The van der Waals surface area contributed by atoms with Crippen LogP contribution in [0, 0.1) is 0 Å². The van der Waals surface area contributed by atoms with Crippen LogP contribution in [-0.2, 0) is 0 Å². The van der Waals surface area contributed by atoms with Gasteiger partial charge < -0.3 is 15.5 Å². The highest BCUT2D eigenvalue weighted by molar-refractivity contribution is 5.53. The predicted octanol–water partition coefficient (Wildman–Crippen LogP) is 2.31. The van der Waals surface area contributed by atoms with Crippen molar-refractivity contribution in [3.8, 4) is 11.5 Å². The minimum absolute atomic E-state index is 0.0618. The van der Waals surface area contributed by atoms with Crippen LogP contribution in [0.25, 0.3) is 0 Å². The van der Waals surface area contributed by atoms with Crippen LogP contribution in [-0.4, -0.2) is 15.8 Å². The van der Waals surface area contributed by atoms with Crippen LogP contribution in [0.1, 0.15) is 20.8 Å². The van der Waals surface area contributed by atoms with E-state index >= 15 is 0 Å². The van der Waals surface area contributed by atoms with Crippen LogP contribution in [0.15, 0.2) is 18.2 Å². The molecule has 0 amide bonds. The molecule has 3 N–H and O–H groups in total. The molecule has 0 aliphatic carbocycles. The number of hydrogen-bond donors (Lipinski definition) is 3. The molecule has 1 rings (SSSR count). The van der Waals surface area contributed by atoms with Crippen molar-refractivity contribution in [3.63, 3.8) is 0 Å². The number of benzene rings is 1. The fraction of sp³-hybridized carbons (Fsp3) is 0.400. The monoisotopic (exact) mass is 181 g/mol. The Bertz CT molecular complexity index is 282. The first-order chi connectivity index (χ1) is 5.87. The van der Waals surface area contributed by atoms with Crippen molar-refractivity contribution < 1.29 is 10.2 Å². The molecule has 0 saturated carbocycles.